The molecular weight excluding hydrogens is 224 g/mol. The number of carboxylic acids is 1. The number of carboxylic acid groups (broad SMARTS) is 1. The first-order valence-corrected chi connectivity index (χ1v) is 5.89. The fourth-order valence-electron chi connectivity index (χ4n) is 1.23. The van der Waals surface area contributed by atoms with E-state index < -0.39 is 5.97 Å². The van der Waals surface area contributed by atoms with Gasteiger partial charge in [0.25, 0.3) is 0 Å². The van der Waals surface area contributed by atoms with Gasteiger partial charge in [0.15, 0.2) is 0 Å². The van der Waals surface area contributed by atoms with E-state index in [1.165, 1.54) is 11.8 Å². The number of aromatic hydroxyl groups is 1. The number of rotatable bonds is 6. The van der Waals surface area contributed by atoms with Gasteiger partial charge in [0.05, 0.1) is 6.42 Å². The highest BCUT2D eigenvalue weighted by Gasteiger charge is 2.03. The van der Waals surface area contributed by atoms with Crippen molar-refractivity contribution < 1.29 is 15.0 Å². The van der Waals surface area contributed by atoms with Gasteiger partial charge in [-0.25, -0.2) is 0 Å². The van der Waals surface area contributed by atoms with E-state index in [4.69, 9.17) is 5.11 Å². The van der Waals surface area contributed by atoms with E-state index >= 15 is 0 Å². The maximum Gasteiger partial charge on any atom is 0.304 e. The SMILES string of the molecule is C=CCc1cc(SCCC(=O)O)ccc1O. The summed E-state index contributed by atoms with van der Waals surface area (Å²) >= 11 is 1.47. The molecule has 1 rings (SSSR count). The van der Waals surface area contributed by atoms with Gasteiger partial charge in [0, 0.05) is 10.6 Å². The third-order valence-corrected chi connectivity index (χ3v) is 3.00. The number of thioether (sulfide) groups is 1. The summed E-state index contributed by atoms with van der Waals surface area (Å²) in [4.78, 5) is 11.3. The Morgan fingerprint density at radius 3 is 2.88 bits per heavy atom. The Labute approximate surface area is 98.8 Å². The van der Waals surface area contributed by atoms with Gasteiger partial charge >= 0.3 is 5.97 Å². The molecule has 0 unspecified atom stereocenters. The summed E-state index contributed by atoms with van der Waals surface area (Å²) in [5.41, 5.74) is 0.815. The highest BCUT2D eigenvalue weighted by atomic mass is 32.2. The molecule has 4 heteroatoms. The second kappa shape index (κ2) is 6.23. The van der Waals surface area contributed by atoms with Crippen molar-refractivity contribution in [3.05, 3.63) is 36.4 Å². The van der Waals surface area contributed by atoms with Crippen LogP contribution in [-0.2, 0) is 11.2 Å². The molecule has 0 heterocycles. The summed E-state index contributed by atoms with van der Waals surface area (Å²) in [5, 5.41) is 18.0. The van der Waals surface area contributed by atoms with Gasteiger partial charge in [0.2, 0.25) is 0 Å². The predicted octanol–water partition coefficient (Wildman–Crippen LogP) is 2.69. The van der Waals surface area contributed by atoms with E-state index in [1.807, 2.05) is 6.07 Å². The Morgan fingerprint density at radius 2 is 2.25 bits per heavy atom. The molecule has 0 aromatic heterocycles. The molecule has 2 N–H and O–H groups in total. The average Bonchev–Trinajstić information content (AvgIpc) is 2.22. The minimum atomic E-state index is -0.794. The lowest BCUT2D eigenvalue weighted by Gasteiger charge is -2.05. The van der Waals surface area contributed by atoms with Crippen LogP contribution in [0, 0.1) is 0 Å². The second-order valence-corrected chi connectivity index (χ2v) is 4.44. The Hall–Kier alpha value is -1.42. The molecule has 1 aromatic rings. The van der Waals surface area contributed by atoms with E-state index in [0.717, 1.165) is 10.5 Å². The van der Waals surface area contributed by atoms with Crippen molar-refractivity contribution in [1.82, 2.24) is 0 Å². The summed E-state index contributed by atoms with van der Waals surface area (Å²) in [6.07, 6.45) is 2.47. The Balaban J connectivity index is 2.63. The van der Waals surface area contributed by atoms with Gasteiger partial charge in [-0.1, -0.05) is 6.08 Å². The highest BCUT2D eigenvalue weighted by molar-refractivity contribution is 7.99. The fraction of sp³-hybridized carbons (Fsp3) is 0.250. The molecule has 0 aliphatic rings. The van der Waals surface area contributed by atoms with Crippen molar-refractivity contribution >= 4 is 17.7 Å². The van der Waals surface area contributed by atoms with Crippen LogP contribution in [0.1, 0.15) is 12.0 Å². The molecule has 0 atom stereocenters. The van der Waals surface area contributed by atoms with Crippen LogP contribution in [-0.4, -0.2) is 21.9 Å². The molecule has 0 bridgehead atoms. The lowest BCUT2D eigenvalue weighted by atomic mass is 10.1. The summed E-state index contributed by atoms with van der Waals surface area (Å²) in [5.74, 6) is -0.00624. The van der Waals surface area contributed by atoms with Crippen LogP contribution >= 0.6 is 11.8 Å². The van der Waals surface area contributed by atoms with Crippen molar-refractivity contribution in [2.24, 2.45) is 0 Å². The number of benzene rings is 1. The van der Waals surface area contributed by atoms with Gasteiger partial charge in [0.1, 0.15) is 5.75 Å². The number of carbonyl (C=O) groups is 1. The molecule has 0 saturated heterocycles. The van der Waals surface area contributed by atoms with Crippen molar-refractivity contribution in [3.63, 3.8) is 0 Å². The molecule has 0 aliphatic carbocycles. The smallest absolute Gasteiger partial charge is 0.304 e. The van der Waals surface area contributed by atoms with Gasteiger partial charge in [-0.15, -0.1) is 18.3 Å². The zero-order valence-corrected chi connectivity index (χ0v) is 9.67. The topological polar surface area (TPSA) is 57.5 Å². The van der Waals surface area contributed by atoms with E-state index in [9.17, 15) is 9.90 Å². The predicted molar refractivity (Wildman–Crippen MR) is 65.0 cm³/mol. The van der Waals surface area contributed by atoms with Crippen molar-refractivity contribution in [1.29, 1.82) is 0 Å². The number of phenolic OH excluding ortho intramolecular Hbond substituents is 1. The zero-order valence-electron chi connectivity index (χ0n) is 8.85. The van der Waals surface area contributed by atoms with E-state index in [0.29, 0.717) is 12.2 Å². The molecule has 3 nitrogen and oxygen atoms in total. The molecule has 0 spiro atoms. The molecule has 0 fully saturated rings. The quantitative estimate of drug-likeness (QED) is 0.591. The Morgan fingerprint density at radius 1 is 1.50 bits per heavy atom. The van der Waals surface area contributed by atoms with Gasteiger partial charge < -0.3 is 10.2 Å². The maximum atomic E-state index is 10.3. The first kappa shape index (κ1) is 12.6. The summed E-state index contributed by atoms with van der Waals surface area (Å²) in [6.45, 7) is 3.62. The number of hydrogen-bond donors (Lipinski definition) is 2. The molecule has 0 radical (unpaired) electrons. The summed E-state index contributed by atoms with van der Waals surface area (Å²) in [7, 11) is 0. The Bertz CT molecular complexity index is 388. The average molecular weight is 238 g/mol. The molecular formula is C12H14O3S. The summed E-state index contributed by atoms with van der Waals surface area (Å²) < 4.78 is 0. The minimum absolute atomic E-state index is 0.141. The standard InChI is InChI=1S/C12H14O3S/c1-2-3-9-8-10(4-5-11(9)13)16-7-6-12(14)15/h2,4-5,8,13H,1,3,6-7H2,(H,14,15). The minimum Gasteiger partial charge on any atom is -0.508 e. The van der Waals surface area contributed by atoms with Gasteiger partial charge in [-0.3, -0.25) is 4.79 Å². The van der Waals surface area contributed by atoms with Crippen molar-refractivity contribution in [2.75, 3.05) is 5.75 Å². The number of aliphatic carboxylic acids is 1. The monoisotopic (exact) mass is 238 g/mol. The fourth-order valence-corrected chi connectivity index (χ4v) is 2.13. The molecule has 0 aliphatic heterocycles. The molecule has 1 aromatic carbocycles. The van der Waals surface area contributed by atoms with Crippen LogP contribution in [0.2, 0.25) is 0 Å². The summed E-state index contributed by atoms with van der Waals surface area (Å²) in [6, 6.07) is 5.28. The first-order valence-electron chi connectivity index (χ1n) is 4.91. The lowest BCUT2D eigenvalue weighted by Crippen LogP contribution is -1.95. The Kier molecular flexibility index (Phi) is 4.92. The number of allylic oxidation sites excluding steroid dienone is 1. The van der Waals surface area contributed by atoms with Crippen molar-refractivity contribution in [2.45, 2.75) is 17.7 Å². The maximum absolute atomic E-state index is 10.3. The van der Waals surface area contributed by atoms with Crippen LogP contribution in [0.4, 0.5) is 0 Å². The molecule has 16 heavy (non-hydrogen) atoms. The molecule has 86 valence electrons. The first-order chi connectivity index (χ1) is 7.63. The van der Waals surface area contributed by atoms with Crippen LogP contribution in [0.25, 0.3) is 0 Å². The molecule has 0 saturated carbocycles. The van der Waals surface area contributed by atoms with Gasteiger partial charge in [-0.05, 0) is 30.2 Å². The highest BCUT2D eigenvalue weighted by Crippen LogP contribution is 2.26. The van der Waals surface area contributed by atoms with Crippen LogP contribution < -0.4 is 0 Å². The van der Waals surface area contributed by atoms with E-state index in [1.54, 1.807) is 18.2 Å². The van der Waals surface area contributed by atoms with Crippen LogP contribution in [0.3, 0.4) is 0 Å². The normalized spacial score (nSPS) is 10.0. The third-order valence-electron chi connectivity index (χ3n) is 2.00. The van der Waals surface area contributed by atoms with Crippen LogP contribution in [0.15, 0.2) is 35.7 Å². The van der Waals surface area contributed by atoms with E-state index in [-0.39, 0.29) is 12.2 Å². The molecule has 0 amide bonds. The second-order valence-electron chi connectivity index (χ2n) is 3.28. The zero-order chi connectivity index (χ0) is 12.0. The number of hydrogen-bond acceptors (Lipinski definition) is 3. The largest absolute Gasteiger partial charge is 0.508 e. The number of phenols is 1. The third kappa shape index (κ3) is 3.98. The van der Waals surface area contributed by atoms with Crippen molar-refractivity contribution in [3.8, 4) is 5.75 Å². The van der Waals surface area contributed by atoms with E-state index in [2.05, 4.69) is 6.58 Å². The van der Waals surface area contributed by atoms with Crippen LogP contribution in [0.5, 0.6) is 5.75 Å². The van der Waals surface area contributed by atoms with Gasteiger partial charge in [-0.2, -0.15) is 0 Å². The lowest BCUT2D eigenvalue weighted by molar-refractivity contribution is -0.136.